The Kier molecular flexibility index (Phi) is 5.30. The number of hydrogen-bond donors (Lipinski definition) is 1. The van der Waals surface area contributed by atoms with Gasteiger partial charge in [-0.05, 0) is 36.4 Å². The Morgan fingerprint density at radius 2 is 2.00 bits per heavy atom. The van der Waals surface area contributed by atoms with Crippen molar-refractivity contribution in [2.24, 2.45) is 0 Å². The van der Waals surface area contributed by atoms with Gasteiger partial charge in [-0.15, -0.1) is 21.5 Å². The van der Waals surface area contributed by atoms with Crippen molar-refractivity contribution in [1.29, 1.82) is 0 Å². The summed E-state index contributed by atoms with van der Waals surface area (Å²) in [6.45, 7) is 0.530. The molecule has 0 radical (unpaired) electrons. The van der Waals surface area contributed by atoms with Crippen LogP contribution in [-0.2, 0) is 11.3 Å². The zero-order valence-corrected chi connectivity index (χ0v) is 17.9. The van der Waals surface area contributed by atoms with E-state index < -0.39 is 0 Å². The number of aromatic nitrogens is 4. The van der Waals surface area contributed by atoms with Gasteiger partial charge in [-0.3, -0.25) is 18.6 Å². The van der Waals surface area contributed by atoms with Gasteiger partial charge in [0.1, 0.15) is 0 Å². The van der Waals surface area contributed by atoms with Crippen LogP contribution in [-0.4, -0.2) is 30.8 Å². The minimum absolute atomic E-state index is 0.0114. The van der Waals surface area contributed by atoms with Crippen molar-refractivity contribution in [3.05, 3.63) is 57.0 Å². The molecule has 0 atom stereocenters. The van der Waals surface area contributed by atoms with E-state index in [0.717, 1.165) is 36.1 Å². The van der Waals surface area contributed by atoms with Crippen LogP contribution in [0.4, 0.5) is 0 Å². The molecular weight excluding hydrogens is 418 g/mol. The molecule has 1 fully saturated rings. The SMILES string of the molecule is O=C(CSc1nnc2n(C3CCCC3)c(=O)c3ccccc3n12)NCc1cccs1. The van der Waals surface area contributed by atoms with Crippen LogP contribution in [0, 0.1) is 0 Å². The maximum atomic E-state index is 13.2. The average molecular weight is 440 g/mol. The van der Waals surface area contributed by atoms with Gasteiger partial charge in [-0.1, -0.05) is 42.8 Å². The standard InChI is InChI=1S/C21H21N5O2S2/c27-18(22-12-15-8-5-11-29-15)13-30-21-24-23-20-25(14-6-1-2-7-14)19(28)16-9-3-4-10-17(16)26(20)21/h3-5,8-11,14H,1-2,6-7,12-13H2,(H,22,27). The van der Waals surface area contributed by atoms with Gasteiger partial charge in [0.15, 0.2) is 5.16 Å². The normalized spacial score (nSPS) is 14.7. The van der Waals surface area contributed by atoms with E-state index in [1.54, 1.807) is 11.3 Å². The first kappa shape index (κ1) is 19.3. The fourth-order valence-electron chi connectivity index (χ4n) is 4.06. The largest absolute Gasteiger partial charge is 0.350 e. The van der Waals surface area contributed by atoms with Gasteiger partial charge >= 0.3 is 0 Å². The smallest absolute Gasteiger partial charge is 0.263 e. The van der Waals surface area contributed by atoms with E-state index in [1.165, 1.54) is 11.8 Å². The van der Waals surface area contributed by atoms with Crippen molar-refractivity contribution >= 4 is 45.7 Å². The molecule has 3 aromatic heterocycles. The summed E-state index contributed by atoms with van der Waals surface area (Å²) in [5.74, 6) is 0.744. The van der Waals surface area contributed by atoms with E-state index in [2.05, 4.69) is 15.5 Å². The number of thioether (sulfide) groups is 1. The van der Waals surface area contributed by atoms with Crippen LogP contribution in [0.2, 0.25) is 0 Å². The zero-order valence-electron chi connectivity index (χ0n) is 16.3. The highest BCUT2D eigenvalue weighted by Crippen LogP contribution is 2.31. The lowest BCUT2D eigenvalue weighted by atomic mass is 10.2. The maximum absolute atomic E-state index is 13.2. The summed E-state index contributed by atoms with van der Waals surface area (Å²) in [5, 5.41) is 14.9. The van der Waals surface area contributed by atoms with Gasteiger partial charge in [0.05, 0.1) is 23.2 Å². The Bertz CT molecular complexity index is 1260. The molecule has 0 aliphatic heterocycles. The fourth-order valence-corrected chi connectivity index (χ4v) is 5.48. The molecule has 1 amide bonds. The van der Waals surface area contributed by atoms with Gasteiger partial charge in [-0.2, -0.15) is 0 Å². The predicted molar refractivity (Wildman–Crippen MR) is 119 cm³/mol. The van der Waals surface area contributed by atoms with Gasteiger partial charge < -0.3 is 5.32 Å². The number of carbonyl (C=O) groups excluding carboxylic acids is 1. The lowest BCUT2D eigenvalue weighted by Crippen LogP contribution is -2.26. The number of thiophene rings is 1. The molecule has 1 aromatic carbocycles. The van der Waals surface area contributed by atoms with Crippen molar-refractivity contribution in [2.45, 2.75) is 43.4 Å². The molecule has 5 rings (SSSR count). The Hall–Kier alpha value is -2.65. The van der Waals surface area contributed by atoms with Crippen LogP contribution < -0.4 is 10.9 Å². The van der Waals surface area contributed by atoms with Gasteiger partial charge in [0, 0.05) is 10.9 Å². The number of hydrogen-bond acceptors (Lipinski definition) is 6. The first-order valence-electron chi connectivity index (χ1n) is 10.0. The molecular formula is C21H21N5O2S2. The van der Waals surface area contributed by atoms with E-state index in [-0.39, 0.29) is 23.3 Å². The highest BCUT2D eigenvalue weighted by molar-refractivity contribution is 7.99. The average Bonchev–Trinajstić information content (AvgIpc) is 3.53. The molecule has 0 unspecified atom stereocenters. The van der Waals surface area contributed by atoms with E-state index >= 15 is 0 Å². The van der Waals surface area contributed by atoms with Gasteiger partial charge in [0.25, 0.3) is 5.56 Å². The third-order valence-corrected chi connectivity index (χ3v) is 7.29. The van der Waals surface area contributed by atoms with E-state index in [9.17, 15) is 9.59 Å². The summed E-state index contributed by atoms with van der Waals surface area (Å²) < 4.78 is 3.73. The van der Waals surface area contributed by atoms with Crippen molar-refractivity contribution in [2.75, 3.05) is 5.75 Å². The Labute approximate surface area is 181 Å². The van der Waals surface area contributed by atoms with Gasteiger partial charge in [0.2, 0.25) is 11.7 Å². The van der Waals surface area contributed by atoms with Crippen LogP contribution in [0.25, 0.3) is 16.7 Å². The van der Waals surface area contributed by atoms with Crippen LogP contribution in [0.15, 0.2) is 51.7 Å². The number of rotatable bonds is 6. The summed E-state index contributed by atoms with van der Waals surface area (Å²) in [6.07, 6.45) is 4.20. The van der Waals surface area contributed by atoms with Crippen molar-refractivity contribution in [1.82, 2.24) is 24.5 Å². The third kappa shape index (κ3) is 3.52. The number of carbonyl (C=O) groups is 1. The maximum Gasteiger partial charge on any atom is 0.263 e. The van der Waals surface area contributed by atoms with E-state index in [4.69, 9.17) is 0 Å². The summed E-state index contributed by atoms with van der Waals surface area (Å²) in [5.41, 5.74) is 0.765. The number of benzene rings is 1. The Balaban J connectivity index is 1.47. The number of amides is 1. The topological polar surface area (TPSA) is 81.3 Å². The molecule has 154 valence electrons. The highest BCUT2D eigenvalue weighted by atomic mass is 32.2. The van der Waals surface area contributed by atoms with Crippen molar-refractivity contribution < 1.29 is 4.79 Å². The molecule has 30 heavy (non-hydrogen) atoms. The minimum atomic E-state index is -0.0569. The molecule has 1 N–H and O–H groups in total. The quantitative estimate of drug-likeness (QED) is 0.464. The molecule has 1 aliphatic rings. The molecule has 7 nitrogen and oxygen atoms in total. The molecule has 0 bridgehead atoms. The first-order chi connectivity index (χ1) is 14.7. The molecule has 4 aromatic rings. The molecule has 1 saturated carbocycles. The van der Waals surface area contributed by atoms with Crippen molar-refractivity contribution in [3.63, 3.8) is 0 Å². The number of fused-ring (bicyclic) bond motifs is 3. The zero-order chi connectivity index (χ0) is 20.5. The summed E-state index contributed by atoms with van der Waals surface area (Å²) in [4.78, 5) is 26.7. The lowest BCUT2D eigenvalue weighted by Gasteiger charge is -2.16. The second kappa shape index (κ2) is 8.23. The highest BCUT2D eigenvalue weighted by Gasteiger charge is 2.24. The van der Waals surface area contributed by atoms with Crippen LogP contribution >= 0.6 is 23.1 Å². The second-order valence-electron chi connectivity index (χ2n) is 7.39. The monoisotopic (exact) mass is 439 g/mol. The summed E-state index contributed by atoms with van der Waals surface area (Å²) in [7, 11) is 0. The van der Waals surface area contributed by atoms with Crippen LogP contribution in [0.5, 0.6) is 0 Å². The minimum Gasteiger partial charge on any atom is -0.350 e. The number of para-hydroxylation sites is 1. The van der Waals surface area contributed by atoms with E-state index in [1.807, 2.05) is 50.7 Å². The molecule has 9 heteroatoms. The molecule has 1 aliphatic carbocycles. The summed E-state index contributed by atoms with van der Waals surface area (Å²) >= 11 is 2.96. The lowest BCUT2D eigenvalue weighted by molar-refractivity contribution is -0.118. The first-order valence-corrected chi connectivity index (χ1v) is 11.9. The second-order valence-corrected chi connectivity index (χ2v) is 9.37. The molecule has 0 spiro atoms. The van der Waals surface area contributed by atoms with Gasteiger partial charge in [-0.25, -0.2) is 0 Å². The number of nitrogens with zero attached hydrogens (tertiary/aromatic N) is 4. The summed E-state index contributed by atoms with van der Waals surface area (Å²) in [6, 6.07) is 11.7. The van der Waals surface area contributed by atoms with Crippen molar-refractivity contribution in [3.8, 4) is 0 Å². The predicted octanol–water partition coefficient (Wildman–Crippen LogP) is 3.63. The third-order valence-electron chi connectivity index (χ3n) is 5.49. The molecule has 0 saturated heterocycles. The number of nitrogens with one attached hydrogen (secondary N) is 1. The van der Waals surface area contributed by atoms with Crippen LogP contribution in [0.1, 0.15) is 36.6 Å². The Morgan fingerprint density at radius 3 is 2.80 bits per heavy atom. The van der Waals surface area contributed by atoms with E-state index in [0.29, 0.717) is 22.9 Å². The fraction of sp³-hybridized carbons (Fsp3) is 0.333. The van der Waals surface area contributed by atoms with Crippen LogP contribution in [0.3, 0.4) is 0 Å². The Morgan fingerprint density at radius 1 is 1.17 bits per heavy atom. The molecule has 3 heterocycles.